The van der Waals surface area contributed by atoms with Gasteiger partial charge in [-0.15, -0.1) is 0 Å². The van der Waals surface area contributed by atoms with Crippen molar-refractivity contribution in [2.75, 3.05) is 10.6 Å². The first-order valence-electron chi connectivity index (χ1n) is 9.78. The zero-order valence-corrected chi connectivity index (χ0v) is 16.5. The number of amides is 1. The number of hydrogen-bond donors (Lipinski definition) is 4. The number of pyridine rings is 1. The smallest absolute Gasteiger partial charge is 0.269 e. The van der Waals surface area contributed by atoms with Crippen LogP contribution in [0.2, 0.25) is 0 Å². The second-order valence-corrected chi connectivity index (χ2v) is 7.39. The highest BCUT2D eigenvalue weighted by Gasteiger charge is 2.45. The van der Waals surface area contributed by atoms with E-state index < -0.39 is 23.9 Å². The third-order valence-electron chi connectivity index (χ3n) is 5.15. The van der Waals surface area contributed by atoms with E-state index in [-0.39, 0.29) is 23.6 Å². The minimum atomic E-state index is -2.96. The summed E-state index contributed by atoms with van der Waals surface area (Å²) >= 11 is 0. The average molecular weight is 428 g/mol. The van der Waals surface area contributed by atoms with Gasteiger partial charge in [0, 0.05) is 18.2 Å². The van der Waals surface area contributed by atoms with E-state index in [1.165, 1.54) is 16.9 Å². The minimum Gasteiger partial charge on any atom is -0.365 e. The monoisotopic (exact) mass is 428 g/mol. The molecule has 1 aliphatic rings. The molecule has 31 heavy (non-hydrogen) atoms. The van der Waals surface area contributed by atoms with Crippen LogP contribution in [0.25, 0.3) is 5.69 Å². The summed E-state index contributed by atoms with van der Waals surface area (Å²) < 4.78 is 28.7. The van der Waals surface area contributed by atoms with Gasteiger partial charge < -0.3 is 22.1 Å². The summed E-state index contributed by atoms with van der Waals surface area (Å²) in [6, 6.07) is 7.99. The van der Waals surface area contributed by atoms with E-state index in [4.69, 9.17) is 11.5 Å². The summed E-state index contributed by atoms with van der Waals surface area (Å²) in [5.41, 5.74) is 12.8. The second-order valence-electron chi connectivity index (χ2n) is 7.39. The molecule has 3 aromatic rings. The van der Waals surface area contributed by atoms with Crippen LogP contribution in [0.1, 0.15) is 29.6 Å². The van der Waals surface area contributed by atoms with Gasteiger partial charge in [0.2, 0.25) is 0 Å². The molecule has 2 heterocycles. The Morgan fingerprint density at radius 1 is 1.19 bits per heavy atom. The van der Waals surface area contributed by atoms with Gasteiger partial charge in [0.05, 0.1) is 23.6 Å². The van der Waals surface area contributed by atoms with E-state index in [1.807, 2.05) is 0 Å². The highest BCUT2D eigenvalue weighted by atomic mass is 19.3. The Hall–Kier alpha value is -3.60. The number of alkyl halides is 2. The highest BCUT2D eigenvalue weighted by molar-refractivity contribution is 5.98. The molecule has 0 aliphatic heterocycles. The van der Waals surface area contributed by atoms with Crippen LogP contribution in [0.4, 0.5) is 26.1 Å². The molecule has 1 amide bonds. The predicted octanol–water partition coefficient (Wildman–Crippen LogP) is 2.43. The maximum absolute atomic E-state index is 14.4. The van der Waals surface area contributed by atoms with Crippen molar-refractivity contribution in [2.45, 2.75) is 37.3 Å². The minimum absolute atomic E-state index is 0.118. The summed E-state index contributed by atoms with van der Waals surface area (Å²) in [4.78, 5) is 17.6. The molecule has 9 nitrogen and oxygen atoms in total. The van der Waals surface area contributed by atoms with Gasteiger partial charge in [-0.2, -0.15) is 15.0 Å². The van der Waals surface area contributed by atoms with Crippen LogP contribution < -0.4 is 22.1 Å². The summed E-state index contributed by atoms with van der Waals surface area (Å²) in [7, 11) is 0. The van der Waals surface area contributed by atoms with Crippen LogP contribution in [0.5, 0.6) is 0 Å². The number of aromatic nitrogens is 4. The summed E-state index contributed by atoms with van der Waals surface area (Å²) in [5, 5.41) is 13.9. The normalized spacial score (nSPS) is 20.2. The Labute approximate surface area is 176 Å². The lowest BCUT2D eigenvalue weighted by molar-refractivity contribution is -0.0511. The van der Waals surface area contributed by atoms with Gasteiger partial charge in [0.1, 0.15) is 17.7 Å². The van der Waals surface area contributed by atoms with Crippen LogP contribution in [0.3, 0.4) is 0 Å². The van der Waals surface area contributed by atoms with Crippen molar-refractivity contribution < 1.29 is 13.6 Å². The first-order chi connectivity index (χ1) is 14.8. The van der Waals surface area contributed by atoms with Crippen LogP contribution in [0, 0.1) is 0 Å². The molecule has 0 saturated heterocycles. The van der Waals surface area contributed by atoms with Gasteiger partial charge in [-0.05, 0) is 43.2 Å². The van der Waals surface area contributed by atoms with Gasteiger partial charge in [0.15, 0.2) is 0 Å². The van der Waals surface area contributed by atoms with E-state index in [1.54, 1.807) is 36.7 Å². The molecule has 0 bridgehead atoms. The third kappa shape index (κ3) is 4.45. The topological polar surface area (TPSA) is 137 Å². The van der Waals surface area contributed by atoms with Gasteiger partial charge >= 0.3 is 0 Å². The number of hydrogen-bond acceptors (Lipinski definition) is 7. The molecule has 1 aliphatic carbocycles. The van der Waals surface area contributed by atoms with E-state index in [0.29, 0.717) is 24.2 Å². The number of nitrogens with zero attached hydrogens (tertiary/aromatic N) is 4. The molecular weight excluding hydrogens is 406 g/mol. The molecule has 162 valence electrons. The number of anilines is 3. The lowest BCUT2D eigenvalue weighted by Gasteiger charge is -2.36. The Morgan fingerprint density at radius 3 is 2.68 bits per heavy atom. The van der Waals surface area contributed by atoms with Crippen molar-refractivity contribution in [3.8, 4) is 5.69 Å². The fourth-order valence-corrected chi connectivity index (χ4v) is 3.61. The number of carbonyl (C=O) groups excluding carboxylic acids is 1. The predicted molar refractivity (Wildman–Crippen MR) is 112 cm³/mol. The fraction of sp³-hybridized carbons (Fsp3) is 0.300. The lowest BCUT2D eigenvalue weighted by atomic mass is 9.87. The maximum atomic E-state index is 14.4. The zero-order chi connectivity index (χ0) is 22.0. The summed E-state index contributed by atoms with van der Waals surface area (Å²) in [6.07, 6.45) is 3.72. The van der Waals surface area contributed by atoms with Crippen molar-refractivity contribution in [2.24, 2.45) is 11.5 Å². The molecule has 0 spiro atoms. The summed E-state index contributed by atoms with van der Waals surface area (Å²) in [6.45, 7) is 0. The number of nitrogens with one attached hydrogen (secondary N) is 2. The molecule has 1 aromatic carbocycles. The molecule has 6 N–H and O–H groups in total. The third-order valence-corrected chi connectivity index (χ3v) is 5.15. The van der Waals surface area contributed by atoms with Gasteiger partial charge in [0.25, 0.3) is 11.8 Å². The second kappa shape index (κ2) is 8.26. The Morgan fingerprint density at radius 2 is 1.97 bits per heavy atom. The number of rotatable bonds is 6. The zero-order valence-electron chi connectivity index (χ0n) is 16.5. The molecule has 2 unspecified atom stereocenters. The fourth-order valence-electron chi connectivity index (χ4n) is 3.61. The lowest BCUT2D eigenvalue weighted by Crippen LogP contribution is -2.55. The molecule has 1 fully saturated rings. The van der Waals surface area contributed by atoms with Crippen LogP contribution >= 0.6 is 0 Å². The SMILES string of the molecule is NC(=O)c1ccc(NC2C(N)CCCC2(F)F)nc1Nc1cccc(-n2nccn2)c1. The molecule has 2 atom stereocenters. The van der Waals surface area contributed by atoms with Gasteiger partial charge in [-0.1, -0.05) is 6.07 Å². The Kier molecular flexibility index (Phi) is 5.51. The van der Waals surface area contributed by atoms with E-state index in [9.17, 15) is 13.6 Å². The van der Waals surface area contributed by atoms with Crippen molar-refractivity contribution in [1.29, 1.82) is 0 Å². The molecule has 11 heteroatoms. The molecule has 1 saturated carbocycles. The highest BCUT2D eigenvalue weighted by Crippen LogP contribution is 2.35. The van der Waals surface area contributed by atoms with Crippen molar-refractivity contribution in [3.63, 3.8) is 0 Å². The van der Waals surface area contributed by atoms with Crippen molar-refractivity contribution in [3.05, 3.63) is 54.4 Å². The first-order valence-corrected chi connectivity index (χ1v) is 9.78. The summed E-state index contributed by atoms with van der Waals surface area (Å²) in [5.74, 6) is -3.36. The number of primary amides is 1. The molecule has 4 rings (SSSR count). The number of benzene rings is 1. The molecular formula is C20H22F2N8O. The quantitative estimate of drug-likeness (QED) is 0.473. The van der Waals surface area contributed by atoms with E-state index >= 15 is 0 Å². The van der Waals surface area contributed by atoms with E-state index in [2.05, 4.69) is 25.8 Å². The Balaban J connectivity index is 1.63. The maximum Gasteiger partial charge on any atom is 0.269 e. The van der Waals surface area contributed by atoms with Crippen molar-refractivity contribution in [1.82, 2.24) is 20.0 Å². The Bertz CT molecular complexity index is 1070. The van der Waals surface area contributed by atoms with Gasteiger partial charge in [-0.25, -0.2) is 13.8 Å². The average Bonchev–Trinajstić information content (AvgIpc) is 3.26. The van der Waals surface area contributed by atoms with Crippen molar-refractivity contribution >= 4 is 23.2 Å². The van der Waals surface area contributed by atoms with E-state index in [0.717, 1.165) is 0 Å². The standard InChI is InChI=1S/C20H22F2N8O/c21-20(22)8-2-5-15(23)17(20)28-16-7-6-14(18(24)31)19(29-16)27-12-3-1-4-13(11-12)30-25-9-10-26-30/h1,3-4,6-7,9-11,15,17H,2,5,8,23H2,(H2,24,31)(H2,27,28,29). The van der Waals surface area contributed by atoms with Crippen LogP contribution in [0.15, 0.2) is 48.8 Å². The number of halogens is 2. The molecule has 2 aromatic heterocycles. The number of nitrogens with two attached hydrogens (primary N) is 2. The van der Waals surface area contributed by atoms with Crippen LogP contribution in [-0.4, -0.2) is 43.9 Å². The molecule has 0 radical (unpaired) electrons. The van der Waals surface area contributed by atoms with Gasteiger partial charge in [-0.3, -0.25) is 4.79 Å². The van der Waals surface area contributed by atoms with Crippen LogP contribution in [-0.2, 0) is 0 Å². The number of carbonyl (C=O) groups is 1. The first kappa shape index (κ1) is 20.7. The largest absolute Gasteiger partial charge is 0.365 e.